The predicted molar refractivity (Wildman–Crippen MR) is 130 cm³/mol. The van der Waals surface area contributed by atoms with Gasteiger partial charge in [-0.3, -0.25) is 14.6 Å². The number of carbonyl (C=O) groups excluding carboxylic acids is 2. The molecule has 1 unspecified atom stereocenters. The van der Waals surface area contributed by atoms with Crippen molar-refractivity contribution in [3.8, 4) is 0 Å². The summed E-state index contributed by atoms with van der Waals surface area (Å²) in [7, 11) is 0. The fraction of sp³-hybridized carbons (Fsp3) is 0.148. The van der Waals surface area contributed by atoms with Crippen LogP contribution >= 0.6 is 0 Å². The summed E-state index contributed by atoms with van der Waals surface area (Å²) in [6.07, 6.45) is 0.433. The third-order valence-corrected chi connectivity index (χ3v) is 5.65. The molecule has 2 amide bonds. The number of aromatic nitrogens is 1. The third kappa shape index (κ3) is 5.69. The standard InChI is InChI=1S/C27H22F3N3O3/c1-16-8-9-18(15-31-16)20(17-10-12-19(13-11-17)27(28,29)30)4-2-7-25(35)32-22-5-3-6-23-21(22)14-24(34)26(36)33-23/h2-13,15,24,34H,14H2,1H3,(H,32,35)(H,33,36)/b7-2+,20-4+. The molecule has 2 heterocycles. The zero-order valence-corrected chi connectivity index (χ0v) is 19.1. The molecule has 9 heteroatoms. The topological polar surface area (TPSA) is 91.3 Å². The van der Waals surface area contributed by atoms with Crippen LogP contribution in [0.5, 0.6) is 0 Å². The fourth-order valence-corrected chi connectivity index (χ4v) is 3.77. The molecule has 3 N–H and O–H groups in total. The van der Waals surface area contributed by atoms with Crippen molar-refractivity contribution >= 4 is 28.8 Å². The van der Waals surface area contributed by atoms with Crippen LogP contribution in [0.15, 0.2) is 79.0 Å². The normalized spacial score (nSPS) is 16.0. The van der Waals surface area contributed by atoms with Crippen molar-refractivity contribution in [2.75, 3.05) is 10.6 Å². The van der Waals surface area contributed by atoms with Crippen LogP contribution in [0, 0.1) is 6.92 Å². The molecule has 1 aliphatic rings. The molecule has 0 aliphatic carbocycles. The maximum absolute atomic E-state index is 13.0. The van der Waals surface area contributed by atoms with Gasteiger partial charge in [0.1, 0.15) is 6.10 Å². The van der Waals surface area contributed by atoms with Crippen molar-refractivity contribution in [2.24, 2.45) is 0 Å². The molecule has 6 nitrogen and oxygen atoms in total. The van der Waals surface area contributed by atoms with Gasteiger partial charge >= 0.3 is 6.18 Å². The van der Waals surface area contributed by atoms with Gasteiger partial charge in [0.2, 0.25) is 5.91 Å². The number of fused-ring (bicyclic) bond motifs is 1. The van der Waals surface area contributed by atoms with E-state index < -0.39 is 29.7 Å². The maximum atomic E-state index is 13.0. The first-order chi connectivity index (χ1) is 17.1. The fourth-order valence-electron chi connectivity index (χ4n) is 3.77. The molecule has 3 aromatic rings. The number of aliphatic hydroxyl groups is 1. The minimum atomic E-state index is -4.44. The average Bonchev–Trinajstić information content (AvgIpc) is 2.83. The monoisotopic (exact) mass is 493 g/mol. The molecule has 4 rings (SSSR count). The molecule has 0 radical (unpaired) electrons. The second-order valence-corrected chi connectivity index (χ2v) is 8.23. The van der Waals surface area contributed by atoms with Gasteiger partial charge in [-0.1, -0.05) is 36.4 Å². The minimum absolute atomic E-state index is 0.0692. The van der Waals surface area contributed by atoms with E-state index in [1.807, 2.05) is 6.92 Å². The second kappa shape index (κ2) is 10.2. The summed E-state index contributed by atoms with van der Waals surface area (Å²) in [4.78, 5) is 28.5. The summed E-state index contributed by atoms with van der Waals surface area (Å²) in [5.74, 6) is -0.961. The van der Waals surface area contributed by atoms with Crippen LogP contribution in [0.2, 0.25) is 0 Å². The Labute approximate surface area is 205 Å². The van der Waals surface area contributed by atoms with Crippen LogP contribution in [0.3, 0.4) is 0 Å². The molecule has 0 spiro atoms. The zero-order valence-electron chi connectivity index (χ0n) is 19.1. The lowest BCUT2D eigenvalue weighted by atomic mass is 9.97. The summed E-state index contributed by atoms with van der Waals surface area (Å²) in [5.41, 5.74) is 3.40. The summed E-state index contributed by atoms with van der Waals surface area (Å²) < 4.78 is 39.0. The Morgan fingerprint density at radius 1 is 1.11 bits per heavy atom. The number of rotatable bonds is 5. The Morgan fingerprint density at radius 3 is 2.50 bits per heavy atom. The van der Waals surface area contributed by atoms with Gasteiger partial charge < -0.3 is 15.7 Å². The Bertz CT molecular complexity index is 1350. The van der Waals surface area contributed by atoms with E-state index >= 15 is 0 Å². The van der Waals surface area contributed by atoms with E-state index in [2.05, 4.69) is 15.6 Å². The number of hydrogen-bond donors (Lipinski definition) is 3. The number of alkyl halides is 3. The maximum Gasteiger partial charge on any atom is 0.416 e. The lowest BCUT2D eigenvalue weighted by Gasteiger charge is -2.23. The highest BCUT2D eigenvalue weighted by atomic mass is 19.4. The van der Waals surface area contributed by atoms with Crippen molar-refractivity contribution in [1.29, 1.82) is 0 Å². The van der Waals surface area contributed by atoms with Gasteiger partial charge in [0.15, 0.2) is 0 Å². The number of carbonyl (C=O) groups is 2. The Balaban J connectivity index is 1.58. The number of aliphatic hydroxyl groups excluding tert-OH is 1. The second-order valence-electron chi connectivity index (χ2n) is 8.23. The number of anilines is 2. The first kappa shape index (κ1) is 24.9. The van der Waals surface area contributed by atoms with Crippen molar-refractivity contribution in [3.63, 3.8) is 0 Å². The smallest absolute Gasteiger partial charge is 0.383 e. The lowest BCUT2D eigenvalue weighted by molar-refractivity contribution is -0.137. The first-order valence-electron chi connectivity index (χ1n) is 11.0. The predicted octanol–water partition coefficient (Wildman–Crippen LogP) is 4.89. The molecule has 0 bridgehead atoms. The number of nitrogens with one attached hydrogen (secondary N) is 2. The number of amides is 2. The summed E-state index contributed by atoms with van der Waals surface area (Å²) in [5, 5.41) is 15.2. The molecule has 1 atom stereocenters. The molecular weight excluding hydrogens is 471 g/mol. The summed E-state index contributed by atoms with van der Waals surface area (Å²) in [6.45, 7) is 1.82. The summed E-state index contributed by atoms with van der Waals surface area (Å²) in [6, 6.07) is 13.4. The highest BCUT2D eigenvalue weighted by molar-refractivity contribution is 6.03. The molecule has 2 aromatic carbocycles. The van der Waals surface area contributed by atoms with Gasteiger partial charge in [-0.2, -0.15) is 13.2 Å². The van der Waals surface area contributed by atoms with Crippen LogP contribution in [-0.4, -0.2) is 28.0 Å². The largest absolute Gasteiger partial charge is 0.416 e. The van der Waals surface area contributed by atoms with E-state index in [0.717, 1.165) is 17.8 Å². The van der Waals surface area contributed by atoms with Gasteiger partial charge in [0.25, 0.3) is 5.91 Å². The Hall–Kier alpha value is -4.24. The van der Waals surface area contributed by atoms with Gasteiger partial charge in [-0.05, 0) is 48.4 Å². The third-order valence-electron chi connectivity index (χ3n) is 5.65. The number of allylic oxidation sites excluding steroid dienone is 2. The minimum Gasteiger partial charge on any atom is -0.383 e. The summed E-state index contributed by atoms with van der Waals surface area (Å²) >= 11 is 0. The van der Waals surface area contributed by atoms with E-state index in [9.17, 15) is 27.9 Å². The van der Waals surface area contributed by atoms with Crippen molar-refractivity contribution < 1.29 is 27.9 Å². The number of aryl methyl sites for hydroxylation is 1. The van der Waals surface area contributed by atoms with Crippen LogP contribution in [-0.2, 0) is 22.2 Å². The highest BCUT2D eigenvalue weighted by Crippen LogP contribution is 2.32. The molecule has 0 fully saturated rings. The van der Waals surface area contributed by atoms with E-state index in [4.69, 9.17) is 0 Å². The van der Waals surface area contributed by atoms with Crippen LogP contribution in [0.1, 0.15) is 27.9 Å². The van der Waals surface area contributed by atoms with Gasteiger partial charge in [0, 0.05) is 46.9 Å². The molecule has 1 aromatic heterocycles. The van der Waals surface area contributed by atoms with Gasteiger partial charge in [-0.15, -0.1) is 0 Å². The highest BCUT2D eigenvalue weighted by Gasteiger charge is 2.30. The number of pyridine rings is 1. The SMILES string of the molecule is Cc1ccc(/C(=C/C=C/C(=O)Nc2cccc3c2CC(O)C(=O)N3)c2ccc(C(F)(F)F)cc2)cn1. The van der Waals surface area contributed by atoms with Gasteiger partial charge in [-0.25, -0.2) is 0 Å². The Kier molecular flexibility index (Phi) is 7.03. The zero-order chi connectivity index (χ0) is 25.9. The molecule has 0 saturated heterocycles. The quantitative estimate of drug-likeness (QED) is 0.349. The van der Waals surface area contributed by atoms with Crippen LogP contribution in [0.4, 0.5) is 24.5 Å². The number of nitrogens with zero attached hydrogens (tertiary/aromatic N) is 1. The molecule has 184 valence electrons. The molecule has 1 aliphatic heterocycles. The van der Waals surface area contributed by atoms with E-state index in [0.29, 0.717) is 33.6 Å². The van der Waals surface area contributed by atoms with Crippen LogP contribution in [0.25, 0.3) is 5.57 Å². The van der Waals surface area contributed by atoms with Crippen LogP contribution < -0.4 is 10.6 Å². The molecular formula is C27H22F3N3O3. The lowest BCUT2D eigenvalue weighted by Crippen LogP contribution is -2.34. The molecule has 36 heavy (non-hydrogen) atoms. The average molecular weight is 493 g/mol. The van der Waals surface area contributed by atoms with E-state index in [1.54, 1.807) is 42.6 Å². The van der Waals surface area contributed by atoms with Gasteiger partial charge in [0.05, 0.1) is 5.56 Å². The van der Waals surface area contributed by atoms with E-state index in [1.165, 1.54) is 24.3 Å². The van der Waals surface area contributed by atoms with Crippen molar-refractivity contribution in [3.05, 3.63) is 107 Å². The van der Waals surface area contributed by atoms with Crippen molar-refractivity contribution in [2.45, 2.75) is 25.6 Å². The number of halogens is 3. The first-order valence-corrected chi connectivity index (χ1v) is 11.0. The number of benzene rings is 2. The Morgan fingerprint density at radius 2 is 1.83 bits per heavy atom. The molecule has 0 saturated carbocycles. The van der Waals surface area contributed by atoms with E-state index in [-0.39, 0.29) is 6.42 Å². The number of hydrogen-bond acceptors (Lipinski definition) is 4. The van der Waals surface area contributed by atoms with Crippen molar-refractivity contribution in [1.82, 2.24) is 4.98 Å².